The van der Waals surface area contributed by atoms with Crippen molar-refractivity contribution in [2.45, 2.75) is 33.2 Å². The van der Waals surface area contributed by atoms with Crippen molar-refractivity contribution in [1.29, 1.82) is 0 Å². The van der Waals surface area contributed by atoms with Gasteiger partial charge in [-0.3, -0.25) is 4.79 Å². The maximum atomic E-state index is 11.6. The zero-order valence-corrected chi connectivity index (χ0v) is 11.1. The van der Waals surface area contributed by atoms with Crippen molar-refractivity contribution < 1.29 is 9.21 Å². The Morgan fingerprint density at radius 2 is 2.18 bits per heavy atom. The molecule has 1 rings (SSSR count). The van der Waals surface area contributed by atoms with Crippen LogP contribution < -0.4 is 5.32 Å². The van der Waals surface area contributed by atoms with E-state index in [-0.39, 0.29) is 5.91 Å². The molecular formula is C13H22N2O2. The van der Waals surface area contributed by atoms with Crippen molar-refractivity contribution in [3.05, 3.63) is 23.7 Å². The van der Waals surface area contributed by atoms with E-state index < -0.39 is 0 Å². The molecule has 17 heavy (non-hydrogen) atoms. The van der Waals surface area contributed by atoms with Crippen LogP contribution in [0.5, 0.6) is 0 Å². The van der Waals surface area contributed by atoms with Gasteiger partial charge in [0, 0.05) is 12.6 Å². The van der Waals surface area contributed by atoms with Crippen LogP contribution in [0.3, 0.4) is 0 Å². The summed E-state index contributed by atoms with van der Waals surface area (Å²) >= 11 is 0. The second kappa shape index (κ2) is 6.45. The normalized spacial score (nSPS) is 11.2. The van der Waals surface area contributed by atoms with Crippen LogP contribution in [-0.2, 0) is 0 Å². The van der Waals surface area contributed by atoms with Gasteiger partial charge in [-0.1, -0.05) is 0 Å². The van der Waals surface area contributed by atoms with Crippen molar-refractivity contribution in [2.24, 2.45) is 0 Å². The molecule has 0 aromatic carbocycles. The Kier molecular flexibility index (Phi) is 5.22. The van der Waals surface area contributed by atoms with Crippen LogP contribution in [0.4, 0.5) is 0 Å². The SMILES string of the molecule is Cc1ccc(C(=O)NCCCN(C)C(C)C)o1. The molecule has 0 saturated carbocycles. The summed E-state index contributed by atoms with van der Waals surface area (Å²) in [7, 11) is 2.09. The first-order valence-corrected chi connectivity index (χ1v) is 6.05. The molecule has 4 nitrogen and oxygen atoms in total. The number of hydrogen-bond donors (Lipinski definition) is 1. The highest BCUT2D eigenvalue weighted by Crippen LogP contribution is 2.05. The van der Waals surface area contributed by atoms with Gasteiger partial charge in [-0.15, -0.1) is 0 Å². The largest absolute Gasteiger partial charge is 0.456 e. The van der Waals surface area contributed by atoms with E-state index in [1.54, 1.807) is 12.1 Å². The van der Waals surface area contributed by atoms with E-state index in [0.717, 1.165) is 18.7 Å². The van der Waals surface area contributed by atoms with Crippen LogP contribution in [0.15, 0.2) is 16.5 Å². The topological polar surface area (TPSA) is 45.5 Å². The summed E-state index contributed by atoms with van der Waals surface area (Å²) < 4.78 is 5.24. The van der Waals surface area contributed by atoms with Gasteiger partial charge in [0.15, 0.2) is 5.76 Å². The molecule has 1 amide bonds. The molecule has 0 unspecified atom stereocenters. The van der Waals surface area contributed by atoms with Crippen LogP contribution in [0.2, 0.25) is 0 Å². The third kappa shape index (κ3) is 4.61. The number of nitrogens with one attached hydrogen (secondary N) is 1. The molecule has 0 aliphatic carbocycles. The van der Waals surface area contributed by atoms with Crippen LogP contribution in [0, 0.1) is 6.92 Å². The van der Waals surface area contributed by atoms with Crippen LogP contribution in [-0.4, -0.2) is 37.0 Å². The number of nitrogens with zero attached hydrogens (tertiary/aromatic N) is 1. The quantitative estimate of drug-likeness (QED) is 0.771. The lowest BCUT2D eigenvalue weighted by Crippen LogP contribution is -2.31. The number of carbonyl (C=O) groups excluding carboxylic acids is 1. The average Bonchev–Trinajstić information content (AvgIpc) is 2.70. The van der Waals surface area contributed by atoms with Gasteiger partial charge in [0.1, 0.15) is 5.76 Å². The monoisotopic (exact) mass is 238 g/mol. The molecule has 4 heteroatoms. The zero-order valence-electron chi connectivity index (χ0n) is 11.1. The van der Waals surface area contributed by atoms with Gasteiger partial charge in [0.05, 0.1) is 0 Å². The first-order valence-electron chi connectivity index (χ1n) is 6.05. The Balaban J connectivity index is 2.21. The number of furan rings is 1. The molecule has 0 atom stereocenters. The molecule has 0 bridgehead atoms. The van der Waals surface area contributed by atoms with Crippen molar-refractivity contribution >= 4 is 5.91 Å². The lowest BCUT2D eigenvalue weighted by atomic mass is 10.3. The highest BCUT2D eigenvalue weighted by molar-refractivity contribution is 5.91. The van der Waals surface area contributed by atoms with E-state index in [9.17, 15) is 4.79 Å². The summed E-state index contributed by atoms with van der Waals surface area (Å²) in [6.07, 6.45) is 0.945. The van der Waals surface area contributed by atoms with Gasteiger partial charge >= 0.3 is 0 Å². The molecular weight excluding hydrogens is 216 g/mol. The Morgan fingerprint density at radius 3 is 2.71 bits per heavy atom. The zero-order chi connectivity index (χ0) is 12.8. The molecule has 1 aromatic rings. The standard InChI is InChI=1S/C13H22N2O2/c1-10(2)15(4)9-5-8-14-13(16)12-7-6-11(3)17-12/h6-7,10H,5,8-9H2,1-4H3,(H,14,16). The molecule has 0 radical (unpaired) electrons. The average molecular weight is 238 g/mol. The lowest BCUT2D eigenvalue weighted by Gasteiger charge is -2.20. The Hall–Kier alpha value is -1.29. The summed E-state index contributed by atoms with van der Waals surface area (Å²) in [6, 6.07) is 4.03. The van der Waals surface area contributed by atoms with E-state index in [4.69, 9.17) is 4.42 Å². The third-order valence-electron chi connectivity index (χ3n) is 2.82. The predicted molar refractivity (Wildman–Crippen MR) is 68.2 cm³/mol. The third-order valence-corrected chi connectivity index (χ3v) is 2.82. The number of carbonyl (C=O) groups is 1. The van der Waals surface area contributed by atoms with Gasteiger partial charge in [-0.05, 0) is 52.9 Å². The van der Waals surface area contributed by atoms with Gasteiger partial charge < -0.3 is 14.6 Å². The minimum atomic E-state index is -0.134. The summed E-state index contributed by atoms with van der Waals surface area (Å²) in [6.45, 7) is 7.80. The van der Waals surface area contributed by atoms with Crippen molar-refractivity contribution in [1.82, 2.24) is 10.2 Å². The molecule has 1 N–H and O–H groups in total. The molecule has 0 aliphatic rings. The molecule has 1 aromatic heterocycles. The minimum absolute atomic E-state index is 0.134. The summed E-state index contributed by atoms with van der Waals surface area (Å²) in [5.74, 6) is 1.01. The fourth-order valence-corrected chi connectivity index (χ4v) is 1.43. The van der Waals surface area contributed by atoms with Crippen molar-refractivity contribution in [3.63, 3.8) is 0 Å². The summed E-state index contributed by atoms with van der Waals surface area (Å²) in [4.78, 5) is 13.9. The predicted octanol–water partition coefficient (Wildman–Crippen LogP) is 2.05. The lowest BCUT2D eigenvalue weighted by molar-refractivity contribution is 0.0922. The summed E-state index contributed by atoms with van der Waals surface area (Å²) in [5, 5.41) is 2.85. The highest BCUT2D eigenvalue weighted by atomic mass is 16.3. The minimum Gasteiger partial charge on any atom is -0.456 e. The van der Waals surface area contributed by atoms with E-state index >= 15 is 0 Å². The second-order valence-corrected chi connectivity index (χ2v) is 4.59. The van der Waals surface area contributed by atoms with Gasteiger partial charge in [0.25, 0.3) is 5.91 Å². The smallest absolute Gasteiger partial charge is 0.286 e. The van der Waals surface area contributed by atoms with Crippen molar-refractivity contribution in [2.75, 3.05) is 20.1 Å². The van der Waals surface area contributed by atoms with Gasteiger partial charge in [-0.2, -0.15) is 0 Å². The number of rotatable bonds is 6. The Morgan fingerprint density at radius 1 is 1.47 bits per heavy atom. The maximum absolute atomic E-state index is 11.6. The molecule has 96 valence electrons. The number of amides is 1. The Bertz CT molecular complexity index is 358. The Labute approximate surface area is 103 Å². The molecule has 0 fully saturated rings. The van der Waals surface area contributed by atoms with Crippen molar-refractivity contribution in [3.8, 4) is 0 Å². The fourth-order valence-electron chi connectivity index (χ4n) is 1.43. The van der Waals surface area contributed by atoms with E-state index in [1.807, 2.05) is 6.92 Å². The van der Waals surface area contributed by atoms with Gasteiger partial charge in [-0.25, -0.2) is 0 Å². The first kappa shape index (κ1) is 13.8. The first-order chi connectivity index (χ1) is 8.00. The summed E-state index contributed by atoms with van der Waals surface area (Å²) in [5.41, 5.74) is 0. The van der Waals surface area contributed by atoms with E-state index in [2.05, 4.69) is 31.1 Å². The molecule has 1 heterocycles. The van der Waals surface area contributed by atoms with Crippen LogP contribution >= 0.6 is 0 Å². The highest BCUT2D eigenvalue weighted by Gasteiger charge is 2.09. The molecule has 0 saturated heterocycles. The second-order valence-electron chi connectivity index (χ2n) is 4.59. The van der Waals surface area contributed by atoms with E-state index in [1.165, 1.54) is 0 Å². The van der Waals surface area contributed by atoms with Gasteiger partial charge in [0.2, 0.25) is 0 Å². The van der Waals surface area contributed by atoms with Crippen LogP contribution in [0.25, 0.3) is 0 Å². The maximum Gasteiger partial charge on any atom is 0.286 e. The number of aryl methyl sites for hydroxylation is 1. The molecule has 0 aliphatic heterocycles. The molecule has 0 spiro atoms. The van der Waals surface area contributed by atoms with Crippen LogP contribution in [0.1, 0.15) is 36.6 Å². The van der Waals surface area contributed by atoms with E-state index in [0.29, 0.717) is 18.3 Å². The fraction of sp³-hybridized carbons (Fsp3) is 0.615. The number of hydrogen-bond acceptors (Lipinski definition) is 3.